The first-order chi connectivity index (χ1) is 10.2. The minimum Gasteiger partial charge on any atom is -0.358 e. The van der Waals surface area contributed by atoms with Gasteiger partial charge in [-0.15, -0.1) is 11.3 Å². The Morgan fingerprint density at radius 3 is 2.81 bits per heavy atom. The highest BCUT2D eigenvalue weighted by Crippen LogP contribution is 2.31. The fraction of sp³-hybridized carbons (Fsp3) is 0.600. The number of fused-ring (bicyclic) bond motifs is 1. The average Bonchev–Trinajstić information content (AvgIpc) is 3.11. The predicted molar refractivity (Wildman–Crippen MR) is 90.6 cm³/mol. The van der Waals surface area contributed by atoms with Gasteiger partial charge in [0.1, 0.15) is 10.6 Å². The topological polar surface area (TPSA) is 44.3 Å². The molecule has 0 atom stereocenters. The predicted octanol–water partition coefficient (Wildman–Crippen LogP) is 2.57. The van der Waals surface area contributed by atoms with Crippen LogP contribution in [0.1, 0.15) is 17.7 Å². The Kier molecular flexibility index (Phi) is 4.26. The van der Waals surface area contributed by atoms with Crippen molar-refractivity contribution in [3.63, 3.8) is 0 Å². The number of aromatic nitrogens is 2. The largest absolute Gasteiger partial charge is 0.358 e. The first-order valence-electron chi connectivity index (χ1n) is 7.57. The standard InChI is InChI=1S/C15H23N5S/c1-11-10-12-13(17-15(16-2)18-14(12)21-11)19(3)8-9-20-6-4-5-7-20/h10H,4-9H2,1-3H3,(H,16,17,18). The minimum atomic E-state index is 0.701. The second kappa shape index (κ2) is 6.15. The molecule has 6 heteroatoms. The van der Waals surface area contributed by atoms with Crippen molar-refractivity contribution in [3.05, 3.63) is 10.9 Å². The number of hydrogen-bond acceptors (Lipinski definition) is 6. The van der Waals surface area contributed by atoms with Crippen LogP contribution in [0.5, 0.6) is 0 Å². The molecule has 3 rings (SSSR count). The SMILES string of the molecule is CNc1nc(N(C)CCN2CCCC2)c2cc(C)sc2n1. The number of hydrogen-bond donors (Lipinski definition) is 1. The van der Waals surface area contributed by atoms with Gasteiger partial charge in [-0.05, 0) is 38.9 Å². The summed E-state index contributed by atoms with van der Waals surface area (Å²) in [5.74, 6) is 1.74. The number of likely N-dealkylation sites (tertiary alicyclic amines) is 1. The maximum Gasteiger partial charge on any atom is 0.225 e. The number of nitrogens with zero attached hydrogens (tertiary/aromatic N) is 4. The molecule has 0 aliphatic carbocycles. The quantitative estimate of drug-likeness (QED) is 0.920. The molecule has 1 aliphatic heterocycles. The summed E-state index contributed by atoms with van der Waals surface area (Å²) in [5, 5.41) is 4.24. The van der Waals surface area contributed by atoms with Gasteiger partial charge in [-0.25, -0.2) is 4.98 Å². The van der Waals surface area contributed by atoms with Crippen LogP contribution in [-0.4, -0.2) is 55.1 Å². The second-order valence-electron chi connectivity index (χ2n) is 5.67. The van der Waals surface area contributed by atoms with E-state index in [1.807, 2.05) is 7.05 Å². The Bertz CT molecular complexity index is 618. The summed E-state index contributed by atoms with van der Waals surface area (Å²) in [6.45, 7) is 6.72. The lowest BCUT2D eigenvalue weighted by Gasteiger charge is -2.23. The molecule has 2 aromatic heterocycles. The van der Waals surface area contributed by atoms with E-state index in [0.717, 1.165) is 23.7 Å². The van der Waals surface area contributed by atoms with Gasteiger partial charge in [0, 0.05) is 32.1 Å². The highest BCUT2D eigenvalue weighted by Gasteiger charge is 2.16. The van der Waals surface area contributed by atoms with Crippen molar-refractivity contribution in [1.82, 2.24) is 14.9 Å². The first-order valence-corrected chi connectivity index (χ1v) is 8.38. The number of nitrogens with one attached hydrogen (secondary N) is 1. The molecule has 1 aliphatic rings. The Labute approximate surface area is 130 Å². The van der Waals surface area contributed by atoms with Crippen LogP contribution in [0.15, 0.2) is 6.07 Å². The van der Waals surface area contributed by atoms with Crippen LogP contribution in [0.2, 0.25) is 0 Å². The molecule has 114 valence electrons. The fourth-order valence-electron chi connectivity index (χ4n) is 2.83. The smallest absolute Gasteiger partial charge is 0.225 e. The van der Waals surface area contributed by atoms with E-state index in [-0.39, 0.29) is 0 Å². The molecule has 3 heterocycles. The Morgan fingerprint density at radius 1 is 1.33 bits per heavy atom. The zero-order valence-corrected chi connectivity index (χ0v) is 13.8. The highest BCUT2D eigenvalue weighted by molar-refractivity contribution is 7.18. The van der Waals surface area contributed by atoms with Crippen LogP contribution in [0, 0.1) is 6.92 Å². The maximum absolute atomic E-state index is 4.67. The van der Waals surface area contributed by atoms with Crippen LogP contribution in [0.4, 0.5) is 11.8 Å². The third-order valence-electron chi connectivity index (χ3n) is 4.03. The first kappa shape index (κ1) is 14.5. The number of thiophene rings is 1. The van der Waals surface area contributed by atoms with Crippen molar-refractivity contribution < 1.29 is 0 Å². The van der Waals surface area contributed by atoms with E-state index >= 15 is 0 Å². The second-order valence-corrected chi connectivity index (χ2v) is 6.90. The van der Waals surface area contributed by atoms with Gasteiger partial charge in [0.15, 0.2) is 0 Å². The van der Waals surface area contributed by atoms with Gasteiger partial charge in [0.2, 0.25) is 5.95 Å². The molecule has 1 fully saturated rings. The van der Waals surface area contributed by atoms with Crippen molar-refractivity contribution in [2.45, 2.75) is 19.8 Å². The fourth-order valence-corrected chi connectivity index (χ4v) is 3.71. The molecule has 0 saturated carbocycles. The van der Waals surface area contributed by atoms with E-state index in [1.54, 1.807) is 11.3 Å². The van der Waals surface area contributed by atoms with Gasteiger partial charge in [-0.3, -0.25) is 0 Å². The zero-order chi connectivity index (χ0) is 14.8. The van der Waals surface area contributed by atoms with Gasteiger partial charge >= 0.3 is 0 Å². The zero-order valence-electron chi connectivity index (χ0n) is 13.0. The molecule has 21 heavy (non-hydrogen) atoms. The molecule has 0 unspecified atom stereocenters. The van der Waals surface area contributed by atoms with Gasteiger partial charge < -0.3 is 15.1 Å². The number of rotatable bonds is 5. The van der Waals surface area contributed by atoms with E-state index in [2.05, 4.69) is 45.1 Å². The molecule has 2 aromatic rings. The molecule has 0 spiro atoms. The molecule has 0 aromatic carbocycles. The van der Waals surface area contributed by atoms with Crippen molar-refractivity contribution in [1.29, 1.82) is 0 Å². The van der Waals surface area contributed by atoms with E-state index in [4.69, 9.17) is 0 Å². The Morgan fingerprint density at radius 2 is 2.10 bits per heavy atom. The third-order valence-corrected chi connectivity index (χ3v) is 4.98. The number of anilines is 2. The van der Waals surface area contributed by atoms with Crippen molar-refractivity contribution in [2.24, 2.45) is 0 Å². The molecule has 1 N–H and O–H groups in total. The molecule has 0 bridgehead atoms. The lowest BCUT2D eigenvalue weighted by molar-refractivity contribution is 0.346. The van der Waals surface area contributed by atoms with Crippen LogP contribution in [0.3, 0.4) is 0 Å². The molecular weight excluding hydrogens is 282 g/mol. The van der Waals surface area contributed by atoms with E-state index in [0.29, 0.717) is 5.95 Å². The molecule has 1 saturated heterocycles. The Hall–Kier alpha value is -1.40. The maximum atomic E-state index is 4.67. The van der Waals surface area contributed by atoms with Crippen molar-refractivity contribution in [3.8, 4) is 0 Å². The summed E-state index contributed by atoms with van der Waals surface area (Å²) in [5.41, 5.74) is 0. The molecule has 0 amide bonds. The number of likely N-dealkylation sites (N-methyl/N-ethyl adjacent to an activating group) is 1. The van der Waals surface area contributed by atoms with Crippen molar-refractivity contribution in [2.75, 3.05) is 50.5 Å². The summed E-state index contributed by atoms with van der Waals surface area (Å²) in [6, 6.07) is 2.20. The Balaban J connectivity index is 1.83. The third kappa shape index (κ3) is 3.11. The van der Waals surface area contributed by atoms with Crippen LogP contribution in [0.25, 0.3) is 10.2 Å². The van der Waals surface area contributed by atoms with Crippen LogP contribution in [-0.2, 0) is 0 Å². The molecule has 5 nitrogen and oxygen atoms in total. The minimum absolute atomic E-state index is 0.701. The van der Waals surface area contributed by atoms with E-state index < -0.39 is 0 Å². The summed E-state index contributed by atoms with van der Waals surface area (Å²) in [7, 11) is 4.00. The van der Waals surface area contributed by atoms with Crippen molar-refractivity contribution >= 4 is 33.3 Å². The monoisotopic (exact) mass is 305 g/mol. The van der Waals surface area contributed by atoms with Gasteiger partial charge in [-0.1, -0.05) is 0 Å². The van der Waals surface area contributed by atoms with Crippen LogP contribution < -0.4 is 10.2 Å². The van der Waals surface area contributed by atoms with E-state index in [9.17, 15) is 0 Å². The average molecular weight is 305 g/mol. The van der Waals surface area contributed by atoms with Gasteiger partial charge in [0.25, 0.3) is 0 Å². The summed E-state index contributed by atoms with van der Waals surface area (Å²) >= 11 is 1.73. The lowest BCUT2D eigenvalue weighted by atomic mass is 10.3. The summed E-state index contributed by atoms with van der Waals surface area (Å²) < 4.78 is 0. The van der Waals surface area contributed by atoms with Gasteiger partial charge in [0.05, 0.1) is 5.39 Å². The lowest BCUT2D eigenvalue weighted by Crippen LogP contribution is -2.32. The highest BCUT2D eigenvalue weighted by atomic mass is 32.1. The van der Waals surface area contributed by atoms with E-state index in [1.165, 1.54) is 36.2 Å². The number of aryl methyl sites for hydroxylation is 1. The summed E-state index contributed by atoms with van der Waals surface area (Å²) in [4.78, 5) is 16.4. The van der Waals surface area contributed by atoms with Gasteiger partial charge in [-0.2, -0.15) is 4.98 Å². The van der Waals surface area contributed by atoms with Crippen LogP contribution >= 0.6 is 11.3 Å². The summed E-state index contributed by atoms with van der Waals surface area (Å²) in [6.07, 6.45) is 2.68. The molecular formula is C15H23N5S. The normalized spacial score (nSPS) is 15.8. The molecule has 0 radical (unpaired) electrons.